The molecular formula is C9H17NO3. The number of rotatable bonds is 2. The summed E-state index contributed by atoms with van der Waals surface area (Å²) in [5, 5.41) is 18.6. The van der Waals surface area contributed by atoms with Crippen molar-refractivity contribution >= 4 is 0 Å². The van der Waals surface area contributed by atoms with Crippen molar-refractivity contribution in [2.45, 2.75) is 31.0 Å². The molecule has 0 aromatic rings. The highest BCUT2D eigenvalue weighted by molar-refractivity contribution is 4.90. The van der Waals surface area contributed by atoms with Crippen LogP contribution in [0.1, 0.15) is 12.8 Å². The van der Waals surface area contributed by atoms with E-state index in [0.29, 0.717) is 19.0 Å². The van der Waals surface area contributed by atoms with E-state index < -0.39 is 0 Å². The van der Waals surface area contributed by atoms with E-state index in [4.69, 9.17) is 9.84 Å². The normalized spacial score (nSPS) is 41.5. The van der Waals surface area contributed by atoms with Crippen LogP contribution >= 0.6 is 0 Å². The predicted octanol–water partition coefficient (Wildman–Crippen LogP) is -0.797. The first kappa shape index (κ1) is 9.40. The molecule has 0 radical (unpaired) electrons. The lowest BCUT2D eigenvalue weighted by Gasteiger charge is -2.27. The number of hydrogen-bond donors (Lipinski definition) is 2. The van der Waals surface area contributed by atoms with E-state index >= 15 is 0 Å². The molecule has 2 rings (SSSR count). The van der Waals surface area contributed by atoms with Gasteiger partial charge in [-0.3, -0.25) is 4.90 Å². The van der Waals surface area contributed by atoms with E-state index in [2.05, 4.69) is 4.90 Å². The molecule has 1 unspecified atom stereocenters. The minimum atomic E-state index is -0.266. The molecule has 0 aliphatic carbocycles. The zero-order valence-corrected chi connectivity index (χ0v) is 7.72. The zero-order valence-electron chi connectivity index (χ0n) is 7.72. The Bertz CT molecular complexity index is 168. The molecule has 76 valence electrons. The van der Waals surface area contributed by atoms with Gasteiger partial charge in [0.25, 0.3) is 0 Å². The Morgan fingerprint density at radius 2 is 2.31 bits per heavy atom. The summed E-state index contributed by atoms with van der Waals surface area (Å²) >= 11 is 0. The molecule has 0 aromatic carbocycles. The topological polar surface area (TPSA) is 52.9 Å². The fourth-order valence-corrected chi connectivity index (χ4v) is 2.33. The number of nitrogens with zero attached hydrogens (tertiary/aromatic N) is 1. The smallest absolute Gasteiger partial charge is 0.0683 e. The minimum absolute atomic E-state index is 0.140. The summed E-state index contributed by atoms with van der Waals surface area (Å²) in [5.74, 6) is 0. The van der Waals surface area contributed by atoms with Crippen molar-refractivity contribution in [3.05, 3.63) is 0 Å². The lowest BCUT2D eigenvalue weighted by Crippen LogP contribution is -2.41. The van der Waals surface area contributed by atoms with Gasteiger partial charge in [-0.2, -0.15) is 0 Å². The zero-order chi connectivity index (χ0) is 9.26. The largest absolute Gasteiger partial charge is 0.395 e. The van der Waals surface area contributed by atoms with E-state index in [9.17, 15) is 5.11 Å². The van der Waals surface area contributed by atoms with Crippen LogP contribution in [0.3, 0.4) is 0 Å². The summed E-state index contributed by atoms with van der Waals surface area (Å²) in [6.07, 6.45) is 1.47. The quantitative estimate of drug-likeness (QED) is 0.594. The van der Waals surface area contributed by atoms with Crippen LogP contribution in [0.2, 0.25) is 0 Å². The number of aliphatic hydroxyl groups excluding tert-OH is 2. The molecule has 0 amide bonds. The highest BCUT2D eigenvalue weighted by Crippen LogP contribution is 2.24. The predicted molar refractivity (Wildman–Crippen MR) is 47.4 cm³/mol. The molecule has 4 nitrogen and oxygen atoms in total. The number of hydrogen-bond acceptors (Lipinski definition) is 4. The summed E-state index contributed by atoms with van der Waals surface area (Å²) in [6, 6.07) is 0.552. The van der Waals surface area contributed by atoms with Crippen LogP contribution < -0.4 is 0 Å². The maximum atomic E-state index is 9.47. The average Bonchev–Trinajstić information content (AvgIpc) is 2.71. The fourth-order valence-electron chi connectivity index (χ4n) is 2.33. The second-order valence-electron chi connectivity index (χ2n) is 3.94. The molecule has 0 aromatic heterocycles. The van der Waals surface area contributed by atoms with Crippen molar-refractivity contribution in [2.75, 3.05) is 26.4 Å². The monoisotopic (exact) mass is 187 g/mol. The Kier molecular flexibility index (Phi) is 2.83. The first-order valence-electron chi connectivity index (χ1n) is 4.93. The van der Waals surface area contributed by atoms with Gasteiger partial charge in [0.15, 0.2) is 0 Å². The summed E-state index contributed by atoms with van der Waals surface area (Å²) < 4.78 is 5.29. The van der Waals surface area contributed by atoms with Gasteiger partial charge in [0, 0.05) is 25.2 Å². The van der Waals surface area contributed by atoms with Crippen LogP contribution in [0.4, 0.5) is 0 Å². The van der Waals surface area contributed by atoms with Gasteiger partial charge in [-0.15, -0.1) is 0 Å². The van der Waals surface area contributed by atoms with Gasteiger partial charge < -0.3 is 14.9 Å². The standard InChI is InChI=1S/C9H17NO3/c11-5-8-3-9(12)4-10(8)7-1-2-13-6-7/h7-9,11-12H,1-6H2/t7?,8-,9+/m0/s1. The molecule has 2 fully saturated rings. The van der Waals surface area contributed by atoms with E-state index in [-0.39, 0.29) is 18.8 Å². The van der Waals surface area contributed by atoms with Crippen molar-refractivity contribution in [2.24, 2.45) is 0 Å². The second-order valence-corrected chi connectivity index (χ2v) is 3.94. The van der Waals surface area contributed by atoms with Gasteiger partial charge in [-0.05, 0) is 12.8 Å². The number of ether oxygens (including phenoxy) is 1. The summed E-state index contributed by atoms with van der Waals surface area (Å²) in [7, 11) is 0. The molecule has 3 atom stereocenters. The third-order valence-corrected chi connectivity index (χ3v) is 3.02. The minimum Gasteiger partial charge on any atom is -0.395 e. The lowest BCUT2D eigenvalue weighted by molar-refractivity contribution is 0.0980. The number of aliphatic hydroxyl groups is 2. The van der Waals surface area contributed by atoms with Gasteiger partial charge in [0.1, 0.15) is 0 Å². The summed E-state index contributed by atoms with van der Waals surface area (Å²) in [4.78, 5) is 2.19. The Morgan fingerprint density at radius 1 is 1.46 bits per heavy atom. The molecule has 2 aliphatic heterocycles. The molecule has 2 saturated heterocycles. The van der Waals surface area contributed by atoms with Crippen LogP contribution in [0, 0.1) is 0 Å². The van der Waals surface area contributed by atoms with Crippen LogP contribution in [-0.4, -0.2) is 59.7 Å². The first-order chi connectivity index (χ1) is 6.31. The van der Waals surface area contributed by atoms with Crippen LogP contribution in [0.15, 0.2) is 0 Å². The van der Waals surface area contributed by atoms with E-state index in [1.807, 2.05) is 0 Å². The average molecular weight is 187 g/mol. The third kappa shape index (κ3) is 1.86. The van der Waals surface area contributed by atoms with E-state index in [1.165, 1.54) is 0 Å². The fraction of sp³-hybridized carbons (Fsp3) is 1.00. The van der Waals surface area contributed by atoms with Crippen LogP contribution in [0.5, 0.6) is 0 Å². The van der Waals surface area contributed by atoms with Gasteiger partial charge in [0.2, 0.25) is 0 Å². The van der Waals surface area contributed by atoms with Crippen molar-refractivity contribution < 1.29 is 14.9 Å². The molecule has 2 aliphatic rings. The van der Waals surface area contributed by atoms with Crippen molar-refractivity contribution in [3.63, 3.8) is 0 Å². The van der Waals surface area contributed by atoms with Crippen molar-refractivity contribution in [3.8, 4) is 0 Å². The lowest BCUT2D eigenvalue weighted by atomic mass is 10.2. The third-order valence-electron chi connectivity index (χ3n) is 3.02. The van der Waals surface area contributed by atoms with Crippen molar-refractivity contribution in [1.82, 2.24) is 4.90 Å². The van der Waals surface area contributed by atoms with E-state index in [1.54, 1.807) is 0 Å². The summed E-state index contributed by atoms with van der Waals surface area (Å²) in [5.41, 5.74) is 0. The second kappa shape index (κ2) is 3.92. The van der Waals surface area contributed by atoms with Gasteiger partial charge in [-0.1, -0.05) is 0 Å². The van der Waals surface area contributed by atoms with Crippen LogP contribution in [-0.2, 0) is 4.74 Å². The molecule has 2 heterocycles. The molecule has 0 bridgehead atoms. The highest BCUT2D eigenvalue weighted by atomic mass is 16.5. The molecule has 2 N–H and O–H groups in total. The van der Waals surface area contributed by atoms with Crippen LogP contribution in [0.25, 0.3) is 0 Å². The van der Waals surface area contributed by atoms with Gasteiger partial charge in [-0.25, -0.2) is 0 Å². The number of β-amino-alcohol motifs (C(OH)–C–C–N with tert-alkyl or cyclic N) is 1. The molecule has 4 heteroatoms. The Labute approximate surface area is 78.1 Å². The Balaban J connectivity index is 1.96. The Morgan fingerprint density at radius 3 is 2.92 bits per heavy atom. The molecule has 0 saturated carbocycles. The highest BCUT2D eigenvalue weighted by Gasteiger charge is 2.36. The summed E-state index contributed by atoms with van der Waals surface area (Å²) in [6.45, 7) is 2.41. The van der Waals surface area contributed by atoms with E-state index in [0.717, 1.165) is 19.6 Å². The van der Waals surface area contributed by atoms with Gasteiger partial charge in [0.05, 0.1) is 19.3 Å². The maximum absolute atomic E-state index is 9.47. The van der Waals surface area contributed by atoms with Crippen molar-refractivity contribution in [1.29, 1.82) is 0 Å². The Hall–Kier alpha value is -0.160. The molecular weight excluding hydrogens is 170 g/mol. The molecule has 13 heavy (non-hydrogen) atoms. The number of likely N-dealkylation sites (tertiary alicyclic amines) is 1. The first-order valence-corrected chi connectivity index (χ1v) is 4.93. The SMILES string of the molecule is OC[C@@H]1C[C@@H](O)CN1C1CCOC1. The van der Waals surface area contributed by atoms with Gasteiger partial charge >= 0.3 is 0 Å². The molecule has 0 spiro atoms. The maximum Gasteiger partial charge on any atom is 0.0683 e.